The molecule has 0 aromatic carbocycles. The number of halogens is 1. The van der Waals surface area contributed by atoms with Gasteiger partial charge in [-0.05, 0) is 29.8 Å². The van der Waals surface area contributed by atoms with Crippen LogP contribution < -0.4 is 5.32 Å². The van der Waals surface area contributed by atoms with Gasteiger partial charge < -0.3 is 5.32 Å². The minimum Gasteiger partial charge on any atom is -0.302 e. The minimum atomic E-state index is 0.226. The van der Waals surface area contributed by atoms with Crippen LogP contribution in [0.15, 0.2) is 29.4 Å². The largest absolute Gasteiger partial charge is 0.302 e. The van der Waals surface area contributed by atoms with Gasteiger partial charge in [0.15, 0.2) is 5.65 Å². The predicted molar refractivity (Wildman–Crippen MR) is 82.8 cm³/mol. The Morgan fingerprint density at radius 3 is 2.90 bits per heavy atom. The average molecular weight is 352 g/mol. The van der Waals surface area contributed by atoms with Crippen molar-refractivity contribution in [2.24, 2.45) is 0 Å². The molecule has 0 saturated carbocycles. The molecule has 0 bridgehead atoms. The van der Waals surface area contributed by atoms with Gasteiger partial charge in [-0.3, -0.25) is 4.40 Å². The first-order valence-corrected chi connectivity index (χ1v) is 7.87. The second-order valence-electron chi connectivity index (χ2n) is 4.60. The summed E-state index contributed by atoms with van der Waals surface area (Å²) in [6.07, 6.45) is 7.46. The number of nitrogens with one attached hydrogen (secondary N) is 1. The Morgan fingerprint density at radius 2 is 2.15 bits per heavy atom. The Labute approximate surface area is 129 Å². The van der Waals surface area contributed by atoms with Crippen LogP contribution in [0.25, 0.3) is 5.65 Å². The van der Waals surface area contributed by atoms with E-state index in [9.17, 15) is 0 Å². The number of fused-ring (bicyclic) bond motifs is 1. The van der Waals surface area contributed by atoms with E-state index in [-0.39, 0.29) is 6.04 Å². The molecule has 0 saturated heterocycles. The maximum Gasteiger partial charge on any atom is 0.155 e. The number of aryl methyl sites for hydroxylation is 1. The van der Waals surface area contributed by atoms with Gasteiger partial charge in [-0.2, -0.15) is 0 Å². The number of rotatable bonds is 4. The van der Waals surface area contributed by atoms with Crippen molar-refractivity contribution in [3.63, 3.8) is 0 Å². The van der Waals surface area contributed by atoms with Gasteiger partial charge in [0.1, 0.15) is 9.61 Å². The predicted octanol–water partition coefficient (Wildman–Crippen LogP) is 3.11. The first-order chi connectivity index (χ1) is 9.63. The van der Waals surface area contributed by atoms with E-state index in [2.05, 4.69) is 50.0 Å². The van der Waals surface area contributed by atoms with E-state index in [1.165, 1.54) is 4.88 Å². The monoisotopic (exact) mass is 351 g/mol. The van der Waals surface area contributed by atoms with Crippen molar-refractivity contribution < 1.29 is 0 Å². The molecule has 104 valence electrons. The molecule has 3 heterocycles. The molecule has 0 radical (unpaired) electrons. The number of nitrogens with zero attached hydrogens (tertiary/aromatic N) is 4. The molecule has 0 aliphatic rings. The van der Waals surface area contributed by atoms with Crippen molar-refractivity contribution in [2.45, 2.75) is 26.4 Å². The third kappa shape index (κ3) is 2.74. The van der Waals surface area contributed by atoms with E-state index in [1.54, 1.807) is 17.5 Å². The fourth-order valence-electron chi connectivity index (χ4n) is 1.96. The summed E-state index contributed by atoms with van der Waals surface area (Å²) in [5.41, 5.74) is 1.95. The highest BCUT2D eigenvalue weighted by atomic mass is 79.9. The molecule has 5 nitrogen and oxygen atoms in total. The van der Waals surface area contributed by atoms with Crippen molar-refractivity contribution >= 4 is 32.9 Å². The van der Waals surface area contributed by atoms with Crippen molar-refractivity contribution in [1.29, 1.82) is 0 Å². The summed E-state index contributed by atoms with van der Waals surface area (Å²) in [4.78, 5) is 14.2. The van der Waals surface area contributed by atoms with Crippen LogP contribution in [0.1, 0.15) is 28.5 Å². The van der Waals surface area contributed by atoms with E-state index >= 15 is 0 Å². The molecule has 3 aromatic heterocycles. The normalized spacial score (nSPS) is 12.9. The van der Waals surface area contributed by atoms with Crippen LogP contribution in [0.4, 0.5) is 0 Å². The van der Waals surface area contributed by atoms with E-state index < -0.39 is 0 Å². The van der Waals surface area contributed by atoms with Gasteiger partial charge >= 0.3 is 0 Å². The summed E-state index contributed by atoms with van der Waals surface area (Å²) in [6, 6.07) is 0.226. The quantitative estimate of drug-likeness (QED) is 0.784. The summed E-state index contributed by atoms with van der Waals surface area (Å²) in [7, 11) is 0. The molecule has 3 aromatic rings. The van der Waals surface area contributed by atoms with Gasteiger partial charge in [0.2, 0.25) is 0 Å². The molecule has 3 rings (SSSR count). The van der Waals surface area contributed by atoms with Crippen LogP contribution in [-0.2, 0) is 6.54 Å². The van der Waals surface area contributed by atoms with Gasteiger partial charge in [0, 0.05) is 23.8 Å². The Hall–Kier alpha value is -1.31. The SMILES string of the molecule is Cc1cnc(C(C)NCc2cnc3cnc(Br)cn23)s1. The number of aromatic nitrogens is 4. The van der Waals surface area contributed by atoms with Crippen LogP contribution in [0.2, 0.25) is 0 Å². The molecule has 0 amide bonds. The molecular weight excluding hydrogens is 338 g/mol. The lowest BCUT2D eigenvalue weighted by Crippen LogP contribution is -2.18. The van der Waals surface area contributed by atoms with Crippen LogP contribution in [0, 0.1) is 6.92 Å². The molecular formula is C13H14BrN5S. The summed E-state index contributed by atoms with van der Waals surface area (Å²) in [5, 5.41) is 4.59. The third-order valence-electron chi connectivity index (χ3n) is 3.04. The van der Waals surface area contributed by atoms with Crippen molar-refractivity contribution in [1.82, 2.24) is 24.7 Å². The first kappa shape index (κ1) is 13.7. The molecule has 1 unspecified atom stereocenters. The Morgan fingerprint density at radius 1 is 1.30 bits per heavy atom. The van der Waals surface area contributed by atoms with Crippen LogP contribution >= 0.6 is 27.3 Å². The first-order valence-electron chi connectivity index (χ1n) is 6.26. The standard InChI is InChI=1S/C13H14BrN5S/c1-8-3-18-13(20-8)9(2)15-4-10-5-17-12-6-16-11(14)7-19(10)12/h3,5-7,9,15H,4H2,1-2H3. The molecule has 20 heavy (non-hydrogen) atoms. The van der Waals surface area contributed by atoms with Gasteiger partial charge in [-0.25, -0.2) is 15.0 Å². The third-order valence-corrected chi connectivity index (χ3v) is 4.55. The maximum absolute atomic E-state index is 4.41. The van der Waals surface area contributed by atoms with E-state index in [0.29, 0.717) is 0 Å². The van der Waals surface area contributed by atoms with Crippen molar-refractivity contribution in [3.8, 4) is 0 Å². The average Bonchev–Trinajstić information content (AvgIpc) is 3.02. The zero-order valence-corrected chi connectivity index (χ0v) is 13.6. The van der Waals surface area contributed by atoms with Gasteiger partial charge in [0.25, 0.3) is 0 Å². The Kier molecular flexibility index (Phi) is 3.82. The smallest absolute Gasteiger partial charge is 0.155 e. The molecule has 1 N–H and O–H groups in total. The Balaban J connectivity index is 1.75. The minimum absolute atomic E-state index is 0.226. The molecule has 1 atom stereocenters. The van der Waals surface area contributed by atoms with Crippen LogP contribution in [-0.4, -0.2) is 19.4 Å². The van der Waals surface area contributed by atoms with Crippen LogP contribution in [0.3, 0.4) is 0 Å². The molecule has 0 aliphatic carbocycles. The van der Waals surface area contributed by atoms with Gasteiger partial charge in [-0.1, -0.05) is 0 Å². The summed E-state index contributed by atoms with van der Waals surface area (Å²) < 4.78 is 2.83. The number of hydrogen-bond acceptors (Lipinski definition) is 5. The van der Waals surface area contributed by atoms with Crippen molar-refractivity contribution in [3.05, 3.63) is 45.0 Å². The van der Waals surface area contributed by atoms with Gasteiger partial charge in [-0.15, -0.1) is 11.3 Å². The number of thiazole rings is 1. The summed E-state index contributed by atoms with van der Waals surface area (Å²) in [6.45, 7) is 4.93. The van der Waals surface area contributed by atoms with E-state index in [0.717, 1.165) is 27.5 Å². The summed E-state index contributed by atoms with van der Waals surface area (Å²) >= 11 is 5.11. The molecule has 7 heteroatoms. The zero-order valence-electron chi connectivity index (χ0n) is 11.2. The molecule has 0 fully saturated rings. The van der Waals surface area contributed by atoms with Crippen LogP contribution in [0.5, 0.6) is 0 Å². The topological polar surface area (TPSA) is 55.1 Å². The lowest BCUT2D eigenvalue weighted by molar-refractivity contribution is 0.563. The molecule has 0 spiro atoms. The Bertz CT molecular complexity index is 735. The maximum atomic E-state index is 4.41. The highest BCUT2D eigenvalue weighted by Crippen LogP contribution is 2.19. The summed E-state index contributed by atoms with van der Waals surface area (Å²) in [5.74, 6) is 0. The lowest BCUT2D eigenvalue weighted by Gasteiger charge is -2.10. The van der Waals surface area contributed by atoms with E-state index in [4.69, 9.17) is 0 Å². The second kappa shape index (κ2) is 5.59. The highest BCUT2D eigenvalue weighted by molar-refractivity contribution is 9.10. The highest BCUT2D eigenvalue weighted by Gasteiger charge is 2.10. The fraction of sp³-hybridized carbons (Fsp3) is 0.308. The lowest BCUT2D eigenvalue weighted by atomic mass is 10.3. The van der Waals surface area contributed by atoms with Gasteiger partial charge in [0.05, 0.1) is 24.1 Å². The fourth-order valence-corrected chi connectivity index (χ4v) is 3.07. The van der Waals surface area contributed by atoms with E-state index in [1.807, 2.05) is 23.0 Å². The molecule has 0 aliphatic heterocycles. The number of hydrogen-bond donors (Lipinski definition) is 1. The number of imidazole rings is 1. The second-order valence-corrected chi connectivity index (χ2v) is 6.68. The van der Waals surface area contributed by atoms with Crippen molar-refractivity contribution in [2.75, 3.05) is 0 Å². The zero-order chi connectivity index (χ0) is 14.1.